The van der Waals surface area contributed by atoms with Crippen LogP contribution in [0.15, 0.2) is 42.6 Å². The van der Waals surface area contributed by atoms with E-state index in [9.17, 15) is 9.59 Å². The van der Waals surface area contributed by atoms with Gasteiger partial charge >= 0.3 is 12.1 Å². The van der Waals surface area contributed by atoms with Gasteiger partial charge < -0.3 is 9.84 Å². The van der Waals surface area contributed by atoms with Gasteiger partial charge in [0.2, 0.25) is 0 Å². The number of aromatic nitrogens is 1. The maximum absolute atomic E-state index is 11.7. The first kappa shape index (κ1) is 14.8. The topological polar surface area (TPSA) is 88.5 Å². The van der Waals surface area contributed by atoms with Crippen LogP contribution in [0.25, 0.3) is 0 Å². The minimum Gasteiger partial charge on any atom is -0.476 e. The number of hydrogen-bond acceptors (Lipinski definition) is 4. The predicted molar refractivity (Wildman–Crippen MR) is 76.5 cm³/mol. The predicted octanol–water partition coefficient (Wildman–Crippen LogP) is 3.18. The SMILES string of the molecule is O=C(Nc1ccnc(C(=O)O)c1Cl)OCc1ccccc1. The number of carbonyl (C=O) groups is 2. The first-order valence-electron chi connectivity index (χ1n) is 5.93. The molecule has 0 aliphatic carbocycles. The number of nitrogens with one attached hydrogen (secondary N) is 1. The lowest BCUT2D eigenvalue weighted by molar-refractivity contribution is 0.0690. The van der Waals surface area contributed by atoms with Crippen molar-refractivity contribution in [3.63, 3.8) is 0 Å². The van der Waals surface area contributed by atoms with Crippen molar-refractivity contribution in [1.29, 1.82) is 0 Å². The van der Waals surface area contributed by atoms with E-state index in [2.05, 4.69) is 10.3 Å². The molecular weight excluding hydrogens is 296 g/mol. The molecule has 0 aliphatic heterocycles. The van der Waals surface area contributed by atoms with Gasteiger partial charge in [0.15, 0.2) is 5.69 Å². The van der Waals surface area contributed by atoms with Crippen LogP contribution in [0.1, 0.15) is 16.1 Å². The van der Waals surface area contributed by atoms with E-state index < -0.39 is 12.1 Å². The fraction of sp³-hybridized carbons (Fsp3) is 0.0714. The van der Waals surface area contributed by atoms with Gasteiger partial charge in [-0.1, -0.05) is 41.9 Å². The van der Waals surface area contributed by atoms with E-state index in [1.807, 2.05) is 30.3 Å². The Morgan fingerprint density at radius 1 is 1.24 bits per heavy atom. The second-order valence-corrected chi connectivity index (χ2v) is 4.39. The first-order valence-corrected chi connectivity index (χ1v) is 6.31. The van der Waals surface area contributed by atoms with E-state index in [4.69, 9.17) is 21.4 Å². The summed E-state index contributed by atoms with van der Waals surface area (Å²) in [6, 6.07) is 10.5. The van der Waals surface area contributed by atoms with Gasteiger partial charge in [-0.15, -0.1) is 0 Å². The molecule has 0 unspecified atom stereocenters. The maximum atomic E-state index is 11.7. The summed E-state index contributed by atoms with van der Waals surface area (Å²) in [7, 11) is 0. The molecule has 7 heteroatoms. The fourth-order valence-electron chi connectivity index (χ4n) is 1.56. The molecule has 21 heavy (non-hydrogen) atoms. The lowest BCUT2D eigenvalue weighted by atomic mass is 10.2. The normalized spacial score (nSPS) is 9.95. The first-order chi connectivity index (χ1) is 10.1. The quantitative estimate of drug-likeness (QED) is 0.905. The van der Waals surface area contributed by atoms with Gasteiger partial charge in [0, 0.05) is 6.20 Å². The molecule has 6 nitrogen and oxygen atoms in total. The van der Waals surface area contributed by atoms with Crippen molar-refractivity contribution in [3.8, 4) is 0 Å². The standard InChI is InChI=1S/C14H11ClN2O4/c15-11-10(6-7-16-12(11)13(18)19)17-14(20)21-8-9-4-2-1-3-5-9/h1-7H,8H2,(H,18,19)(H,16,17,20). The van der Waals surface area contributed by atoms with E-state index in [0.29, 0.717) is 0 Å². The van der Waals surface area contributed by atoms with Crippen LogP contribution in [-0.4, -0.2) is 22.2 Å². The van der Waals surface area contributed by atoms with Gasteiger partial charge in [-0.25, -0.2) is 14.6 Å². The van der Waals surface area contributed by atoms with Crippen molar-refractivity contribution in [2.24, 2.45) is 0 Å². The number of ether oxygens (including phenoxy) is 1. The lowest BCUT2D eigenvalue weighted by Crippen LogP contribution is -2.15. The van der Waals surface area contributed by atoms with Crippen LogP contribution >= 0.6 is 11.6 Å². The summed E-state index contributed by atoms with van der Waals surface area (Å²) in [5.41, 5.74) is 0.624. The zero-order chi connectivity index (χ0) is 15.2. The maximum Gasteiger partial charge on any atom is 0.412 e. The number of benzene rings is 1. The Balaban J connectivity index is 2.00. The molecule has 2 aromatic rings. The average molecular weight is 307 g/mol. The highest BCUT2D eigenvalue weighted by atomic mass is 35.5. The molecule has 1 heterocycles. The van der Waals surface area contributed by atoms with Crippen molar-refractivity contribution >= 4 is 29.4 Å². The van der Waals surface area contributed by atoms with E-state index in [1.54, 1.807) is 0 Å². The van der Waals surface area contributed by atoms with Crippen LogP contribution in [0.4, 0.5) is 10.5 Å². The van der Waals surface area contributed by atoms with Gasteiger partial charge in [-0.3, -0.25) is 5.32 Å². The number of hydrogen-bond donors (Lipinski definition) is 2. The molecule has 2 rings (SSSR count). The molecule has 0 fully saturated rings. The molecular formula is C14H11ClN2O4. The fourth-order valence-corrected chi connectivity index (χ4v) is 1.80. The second kappa shape index (κ2) is 6.71. The van der Waals surface area contributed by atoms with Gasteiger partial charge in [0.1, 0.15) is 6.61 Å². The molecule has 1 aromatic heterocycles. The molecule has 0 spiro atoms. The van der Waals surface area contributed by atoms with E-state index in [-0.39, 0.29) is 23.0 Å². The molecule has 0 atom stereocenters. The molecule has 0 aliphatic rings. The summed E-state index contributed by atoms with van der Waals surface area (Å²) in [5.74, 6) is -1.28. The second-order valence-electron chi connectivity index (χ2n) is 4.01. The highest BCUT2D eigenvalue weighted by molar-refractivity contribution is 6.36. The number of carboxylic acid groups (broad SMARTS) is 1. The number of pyridine rings is 1. The van der Waals surface area contributed by atoms with Crippen LogP contribution in [0, 0.1) is 0 Å². The van der Waals surface area contributed by atoms with Gasteiger partial charge in [0.05, 0.1) is 10.7 Å². The average Bonchev–Trinajstić information content (AvgIpc) is 2.48. The number of aromatic carboxylic acids is 1. The van der Waals surface area contributed by atoms with Gasteiger partial charge in [0.25, 0.3) is 0 Å². The smallest absolute Gasteiger partial charge is 0.412 e. The number of carbonyl (C=O) groups excluding carboxylic acids is 1. The van der Waals surface area contributed by atoms with Crippen LogP contribution < -0.4 is 5.32 Å². The van der Waals surface area contributed by atoms with E-state index >= 15 is 0 Å². The summed E-state index contributed by atoms with van der Waals surface area (Å²) in [5, 5.41) is 11.1. The summed E-state index contributed by atoms with van der Waals surface area (Å²) in [6.07, 6.45) is 0.505. The minimum atomic E-state index is -1.28. The Morgan fingerprint density at radius 2 is 1.95 bits per heavy atom. The summed E-state index contributed by atoms with van der Waals surface area (Å²) in [4.78, 5) is 26.2. The van der Waals surface area contributed by atoms with Crippen molar-refractivity contribution in [1.82, 2.24) is 4.98 Å². The third-order valence-electron chi connectivity index (χ3n) is 2.54. The Labute approximate surface area is 125 Å². The zero-order valence-electron chi connectivity index (χ0n) is 10.7. The molecule has 1 amide bonds. The lowest BCUT2D eigenvalue weighted by Gasteiger charge is -2.09. The summed E-state index contributed by atoms with van der Waals surface area (Å²) in [6.45, 7) is 0.0984. The largest absolute Gasteiger partial charge is 0.476 e. The monoisotopic (exact) mass is 306 g/mol. The Hall–Kier alpha value is -2.60. The van der Waals surface area contributed by atoms with Crippen LogP contribution in [0.2, 0.25) is 5.02 Å². The number of halogens is 1. The summed E-state index contributed by atoms with van der Waals surface area (Å²) >= 11 is 5.85. The number of amides is 1. The molecule has 0 saturated heterocycles. The van der Waals surface area contributed by atoms with Crippen LogP contribution in [0.5, 0.6) is 0 Å². The molecule has 108 valence electrons. The zero-order valence-corrected chi connectivity index (χ0v) is 11.5. The highest BCUT2D eigenvalue weighted by Crippen LogP contribution is 2.24. The molecule has 2 N–H and O–H groups in total. The van der Waals surface area contributed by atoms with E-state index in [1.165, 1.54) is 12.3 Å². The molecule has 0 radical (unpaired) electrons. The number of anilines is 1. The van der Waals surface area contributed by atoms with Crippen molar-refractivity contribution in [3.05, 3.63) is 58.9 Å². The van der Waals surface area contributed by atoms with Crippen molar-refractivity contribution in [2.45, 2.75) is 6.61 Å². The van der Waals surface area contributed by atoms with Crippen molar-refractivity contribution in [2.75, 3.05) is 5.32 Å². The van der Waals surface area contributed by atoms with Crippen molar-refractivity contribution < 1.29 is 19.4 Å². The van der Waals surface area contributed by atoms with E-state index in [0.717, 1.165) is 5.56 Å². The third kappa shape index (κ3) is 3.93. The minimum absolute atomic E-state index is 0.0984. The molecule has 0 bridgehead atoms. The number of carboxylic acids is 1. The number of rotatable bonds is 4. The Kier molecular flexibility index (Phi) is 4.73. The number of nitrogens with zero attached hydrogens (tertiary/aromatic N) is 1. The highest BCUT2D eigenvalue weighted by Gasteiger charge is 2.15. The Bertz CT molecular complexity index is 661. The van der Waals surface area contributed by atoms with Crippen LogP contribution in [0.3, 0.4) is 0 Å². The Morgan fingerprint density at radius 3 is 2.62 bits per heavy atom. The molecule has 1 aromatic carbocycles. The van der Waals surface area contributed by atoms with Gasteiger partial charge in [-0.2, -0.15) is 0 Å². The summed E-state index contributed by atoms with van der Waals surface area (Å²) < 4.78 is 5.01. The molecule has 0 saturated carbocycles. The third-order valence-corrected chi connectivity index (χ3v) is 2.92. The van der Waals surface area contributed by atoms with Crippen LogP contribution in [-0.2, 0) is 11.3 Å². The van der Waals surface area contributed by atoms with Gasteiger partial charge in [-0.05, 0) is 11.6 Å².